The molecule has 4 rings (SSSR count). The van der Waals surface area contributed by atoms with Crippen LogP contribution in [-0.2, 0) is 6.42 Å². The van der Waals surface area contributed by atoms with Crippen LogP contribution in [0.3, 0.4) is 0 Å². The summed E-state index contributed by atoms with van der Waals surface area (Å²) in [5.74, 6) is 5.20. The van der Waals surface area contributed by atoms with Crippen LogP contribution in [0.4, 0.5) is 0 Å². The zero-order valence-electron chi connectivity index (χ0n) is 16.3. The third-order valence-electron chi connectivity index (χ3n) is 5.12. The van der Waals surface area contributed by atoms with Gasteiger partial charge < -0.3 is 15.8 Å². The number of fused-ring (bicyclic) bond motifs is 1. The number of amides is 1. The van der Waals surface area contributed by atoms with Gasteiger partial charge in [0.05, 0.1) is 6.61 Å². The third kappa shape index (κ3) is 4.09. The summed E-state index contributed by atoms with van der Waals surface area (Å²) in [6.07, 6.45) is 4.21. The van der Waals surface area contributed by atoms with Crippen molar-refractivity contribution < 1.29 is 9.90 Å². The molecule has 2 aromatic heterocycles. The number of nitrogens with two attached hydrogens (primary N) is 1. The maximum atomic E-state index is 12.2. The van der Waals surface area contributed by atoms with E-state index in [9.17, 15) is 9.90 Å². The van der Waals surface area contributed by atoms with E-state index in [0.29, 0.717) is 23.2 Å². The maximum Gasteiger partial charge on any atom is 0.249 e. The number of para-hydroxylation sites is 1. The van der Waals surface area contributed by atoms with Crippen LogP contribution in [0.2, 0.25) is 0 Å². The van der Waals surface area contributed by atoms with Gasteiger partial charge in [-0.15, -0.1) is 0 Å². The predicted octanol–water partition coefficient (Wildman–Crippen LogP) is 3.38. The molecular weight excluding hydrogens is 374 g/mol. The topological polar surface area (TPSA) is 92.0 Å². The number of aromatic nitrogens is 2. The average Bonchev–Trinajstić information content (AvgIpc) is 3.19. The van der Waals surface area contributed by atoms with E-state index in [1.54, 1.807) is 12.3 Å². The fourth-order valence-corrected chi connectivity index (χ4v) is 3.62. The molecule has 4 N–H and O–H groups in total. The Morgan fingerprint density at radius 2 is 1.93 bits per heavy atom. The molecular formula is C25H21N3O2. The lowest BCUT2D eigenvalue weighted by atomic mass is 9.88. The average molecular weight is 395 g/mol. The molecule has 0 saturated heterocycles. The number of carbonyl (C=O) groups is 1. The standard InChI is InChI=1S/C25H21N3O2/c26-25(30)23-13-17(8-10-20-5-3-4-12-27-20)9-11-21(23)19(16-29)14-18-15-28-24-7-2-1-6-22(18)24/h1-7,9,11-13,15,19,28-29H,14,16H2,(H2,26,30)/t19-/m0/s1. The SMILES string of the molecule is NC(=O)c1cc(C#Cc2ccccn2)ccc1[C@H](CO)Cc1c[nH]c2ccccc12. The minimum Gasteiger partial charge on any atom is -0.396 e. The molecule has 4 aromatic rings. The Morgan fingerprint density at radius 3 is 2.70 bits per heavy atom. The largest absolute Gasteiger partial charge is 0.396 e. The fraction of sp³-hybridized carbons (Fsp3) is 0.120. The zero-order chi connectivity index (χ0) is 20.9. The molecule has 2 aromatic carbocycles. The molecule has 5 heteroatoms. The first kappa shape index (κ1) is 19.4. The number of aliphatic hydroxyl groups is 1. The highest BCUT2D eigenvalue weighted by Gasteiger charge is 2.20. The van der Waals surface area contributed by atoms with Gasteiger partial charge in [0.15, 0.2) is 0 Å². The molecule has 2 heterocycles. The summed E-state index contributed by atoms with van der Waals surface area (Å²) in [6, 6.07) is 18.9. The molecule has 0 aliphatic carbocycles. The van der Waals surface area contributed by atoms with E-state index in [1.807, 2.05) is 60.8 Å². The van der Waals surface area contributed by atoms with E-state index < -0.39 is 5.91 Å². The molecule has 30 heavy (non-hydrogen) atoms. The molecule has 148 valence electrons. The van der Waals surface area contributed by atoms with Crippen LogP contribution in [0.15, 0.2) is 73.1 Å². The van der Waals surface area contributed by atoms with Crippen LogP contribution in [0.25, 0.3) is 10.9 Å². The Labute approximate surface area is 174 Å². The van der Waals surface area contributed by atoms with Gasteiger partial charge in [0.2, 0.25) is 5.91 Å². The number of hydrogen-bond donors (Lipinski definition) is 3. The second-order valence-corrected chi connectivity index (χ2v) is 7.07. The van der Waals surface area contributed by atoms with Crippen molar-refractivity contribution in [3.05, 3.63) is 101 Å². The lowest BCUT2D eigenvalue weighted by Crippen LogP contribution is -2.18. The Balaban J connectivity index is 1.66. The normalized spacial score (nSPS) is 11.6. The van der Waals surface area contributed by atoms with Crippen molar-refractivity contribution in [2.75, 3.05) is 6.61 Å². The van der Waals surface area contributed by atoms with Crippen molar-refractivity contribution in [3.8, 4) is 11.8 Å². The van der Waals surface area contributed by atoms with Crippen LogP contribution in [0.5, 0.6) is 0 Å². The van der Waals surface area contributed by atoms with Crippen LogP contribution in [0.1, 0.15) is 38.7 Å². The minimum absolute atomic E-state index is 0.0985. The molecule has 0 unspecified atom stereocenters. The lowest BCUT2D eigenvalue weighted by molar-refractivity contribution is 0.0998. The van der Waals surface area contributed by atoms with Gasteiger partial charge in [0, 0.05) is 40.3 Å². The minimum atomic E-state index is -0.538. The number of rotatable bonds is 5. The lowest BCUT2D eigenvalue weighted by Gasteiger charge is -2.17. The quantitative estimate of drug-likeness (QED) is 0.452. The molecule has 0 aliphatic rings. The number of pyridine rings is 1. The summed E-state index contributed by atoms with van der Waals surface area (Å²) in [7, 11) is 0. The highest BCUT2D eigenvalue weighted by molar-refractivity contribution is 5.95. The van der Waals surface area contributed by atoms with Gasteiger partial charge in [-0.05, 0) is 53.8 Å². The number of benzene rings is 2. The predicted molar refractivity (Wildman–Crippen MR) is 117 cm³/mol. The number of primary amides is 1. The van der Waals surface area contributed by atoms with Gasteiger partial charge in [0.1, 0.15) is 5.69 Å². The monoisotopic (exact) mass is 395 g/mol. The van der Waals surface area contributed by atoms with E-state index in [4.69, 9.17) is 5.73 Å². The number of aliphatic hydroxyl groups excluding tert-OH is 1. The Hall–Kier alpha value is -3.88. The maximum absolute atomic E-state index is 12.2. The van der Waals surface area contributed by atoms with Crippen molar-refractivity contribution in [2.24, 2.45) is 5.73 Å². The molecule has 0 saturated carbocycles. The highest BCUT2D eigenvalue weighted by atomic mass is 16.3. The number of nitrogens with one attached hydrogen (secondary N) is 1. The van der Waals surface area contributed by atoms with Crippen molar-refractivity contribution >= 4 is 16.8 Å². The number of carbonyl (C=O) groups excluding carboxylic acids is 1. The Kier molecular flexibility index (Phi) is 5.60. The van der Waals surface area contributed by atoms with E-state index in [0.717, 1.165) is 22.0 Å². The third-order valence-corrected chi connectivity index (χ3v) is 5.12. The molecule has 0 fully saturated rings. The van der Waals surface area contributed by atoms with Crippen LogP contribution < -0.4 is 5.73 Å². The van der Waals surface area contributed by atoms with Gasteiger partial charge >= 0.3 is 0 Å². The van der Waals surface area contributed by atoms with Crippen LogP contribution >= 0.6 is 0 Å². The van der Waals surface area contributed by atoms with Crippen molar-refractivity contribution in [1.29, 1.82) is 0 Å². The molecule has 1 atom stereocenters. The molecule has 0 aliphatic heterocycles. The molecule has 1 amide bonds. The van der Waals surface area contributed by atoms with E-state index in [2.05, 4.69) is 21.8 Å². The molecule has 0 spiro atoms. The summed E-state index contributed by atoms with van der Waals surface area (Å²) in [5, 5.41) is 11.2. The number of H-pyrrole nitrogens is 1. The number of nitrogens with zero attached hydrogens (tertiary/aromatic N) is 1. The van der Waals surface area contributed by atoms with Crippen LogP contribution in [0, 0.1) is 11.8 Å². The summed E-state index contributed by atoms with van der Waals surface area (Å²) < 4.78 is 0. The van der Waals surface area contributed by atoms with Gasteiger partial charge in [-0.25, -0.2) is 4.98 Å². The smallest absolute Gasteiger partial charge is 0.249 e. The van der Waals surface area contributed by atoms with E-state index >= 15 is 0 Å². The van der Waals surface area contributed by atoms with Crippen LogP contribution in [-0.4, -0.2) is 27.6 Å². The fourth-order valence-electron chi connectivity index (χ4n) is 3.62. The summed E-state index contributed by atoms with van der Waals surface area (Å²) in [5.41, 5.74) is 10.2. The first-order valence-electron chi connectivity index (χ1n) is 9.68. The van der Waals surface area contributed by atoms with Gasteiger partial charge in [-0.2, -0.15) is 0 Å². The molecule has 5 nitrogen and oxygen atoms in total. The summed E-state index contributed by atoms with van der Waals surface area (Å²) in [4.78, 5) is 19.6. The van der Waals surface area contributed by atoms with E-state index in [1.165, 1.54) is 0 Å². The van der Waals surface area contributed by atoms with Crippen molar-refractivity contribution in [2.45, 2.75) is 12.3 Å². The Morgan fingerprint density at radius 1 is 1.10 bits per heavy atom. The number of aromatic amines is 1. The highest BCUT2D eigenvalue weighted by Crippen LogP contribution is 2.28. The van der Waals surface area contributed by atoms with Gasteiger partial charge in [-0.3, -0.25) is 4.79 Å². The first-order chi connectivity index (χ1) is 14.7. The second-order valence-electron chi connectivity index (χ2n) is 7.07. The Bertz CT molecular complexity index is 1250. The number of hydrogen-bond acceptors (Lipinski definition) is 3. The van der Waals surface area contributed by atoms with Gasteiger partial charge in [0.25, 0.3) is 0 Å². The van der Waals surface area contributed by atoms with E-state index in [-0.39, 0.29) is 12.5 Å². The van der Waals surface area contributed by atoms with Crippen molar-refractivity contribution in [3.63, 3.8) is 0 Å². The molecule has 0 radical (unpaired) electrons. The summed E-state index contributed by atoms with van der Waals surface area (Å²) in [6.45, 7) is -0.0985. The molecule has 0 bridgehead atoms. The van der Waals surface area contributed by atoms with Crippen molar-refractivity contribution in [1.82, 2.24) is 9.97 Å². The van der Waals surface area contributed by atoms with Gasteiger partial charge in [-0.1, -0.05) is 36.3 Å². The summed E-state index contributed by atoms with van der Waals surface area (Å²) >= 11 is 0. The first-order valence-corrected chi connectivity index (χ1v) is 9.68. The zero-order valence-corrected chi connectivity index (χ0v) is 16.3. The second kappa shape index (κ2) is 8.64.